The van der Waals surface area contributed by atoms with Gasteiger partial charge in [0.15, 0.2) is 11.9 Å². The zero-order valence-corrected chi connectivity index (χ0v) is 15.5. The number of rotatable bonds is 4. The van der Waals surface area contributed by atoms with Gasteiger partial charge in [-0.2, -0.15) is 0 Å². The minimum absolute atomic E-state index is 0.0961. The lowest BCUT2D eigenvalue weighted by Gasteiger charge is -2.39. The quantitative estimate of drug-likeness (QED) is 0.798. The molecule has 9 heteroatoms. The highest BCUT2D eigenvalue weighted by Gasteiger charge is 2.33. The number of hydrogen-bond donors (Lipinski definition) is 0. The molecule has 6 nitrogen and oxygen atoms in total. The van der Waals surface area contributed by atoms with Gasteiger partial charge in [-0.15, -0.1) is 0 Å². The van der Waals surface area contributed by atoms with E-state index in [0.717, 1.165) is 18.4 Å². The van der Waals surface area contributed by atoms with E-state index in [2.05, 4.69) is 4.98 Å². The summed E-state index contributed by atoms with van der Waals surface area (Å²) in [6.07, 6.45) is -0.411. The first-order chi connectivity index (χ1) is 13.3. The number of hydrogen-bond acceptors (Lipinski definition) is 4. The van der Waals surface area contributed by atoms with Gasteiger partial charge >= 0.3 is 0 Å². The molecule has 2 aromatic rings. The number of amides is 2. The van der Waals surface area contributed by atoms with Crippen LogP contribution >= 0.6 is 0 Å². The maximum atomic E-state index is 13.9. The molecule has 2 unspecified atom stereocenters. The largest absolute Gasteiger partial charge is 0.443 e. The van der Waals surface area contributed by atoms with Crippen LogP contribution in [0.25, 0.3) is 11.5 Å². The molecule has 0 radical (unpaired) electrons. The summed E-state index contributed by atoms with van der Waals surface area (Å²) in [6.45, 7) is 3.90. The fraction of sp³-hybridized carbons (Fsp3) is 0.421. The first kappa shape index (κ1) is 19.9. The minimum Gasteiger partial charge on any atom is -0.443 e. The van der Waals surface area contributed by atoms with Crippen molar-refractivity contribution in [2.24, 2.45) is 0 Å². The number of carbonyl (C=O) groups excluding carboxylic acids is 2. The summed E-state index contributed by atoms with van der Waals surface area (Å²) in [5, 5.41) is 0. The summed E-state index contributed by atoms with van der Waals surface area (Å²) < 4.78 is 46.5. The second kappa shape index (κ2) is 8.04. The zero-order valence-electron chi connectivity index (χ0n) is 15.5. The van der Waals surface area contributed by atoms with E-state index in [0.29, 0.717) is 0 Å². The van der Waals surface area contributed by atoms with Gasteiger partial charge in [0, 0.05) is 25.7 Å². The minimum atomic E-state index is -1.55. The molecule has 1 aromatic heterocycles. The van der Waals surface area contributed by atoms with Gasteiger partial charge in [0.1, 0.15) is 23.5 Å². The van der Waals surface area contributed by atoms with Gasteiger partial charge in [-0.05, 0) is 25.5 Å². The molecule has 1 fully saturated rings. The Kier molecular flexibility index (Phi) is 5.71. The third-order valence-electron chi connectivity index (χ3n) is 4.73. The summed E-state index contributed by atoms with van der Waals surface area (Å²) in [5.74, 6) is -3.10. The van der Waals surface area contributed by atoms with Crippen LogP contribution in [0.15, 0.2) is 28.9 Å². The molecule has 150 valence electrons. The van der Waals surface area contributed by atoms with Crippen molar-refractivity contribution in [3.05, 3.63) is 41.8 Å². The van der Waals surface area contributed by atoms with Crippen molar-refractivity contribution < 1.29 is 27.2 Å². The lowest BCUT2D eigenvalue weighted by molar-refractivity contribution is -0.139. The van der Waals surface area contributed by atoms with E-state index in [9.17, 15) is 22.8 Å². The van der Waals surface area contributed by atoms with Crippen LogP contribution in [0.4, 0.5) is 13.2 Å². The molecule has 28 heavy (non-hydrogen) atoms. The van der Waals surface area contributed by atoms with E-state index in [4.69, 9.17) is 4.42 Å². The van der Waals surface area contributed by atoms with Crippen molar-refractivity contribution in [2.75, 3.05) is 19.6 Å². The second-order valence-electron chi connectivity index (χ2n) is 6.64. The Bertz CT molecular complexity index is 866. The Labute approximate surface area is 159 Å². The van der Waals surface area contributed by atoms with E-state index in [-0.39, 0.29) is 43.7 Å². The standard InChI is InChI=1S/C19H20F3N3O3/c1-3-12(20)18(26)24-7-8-25(11(2)9-24)19(27)15-10-28-17(23-15)16-13(21)5-4-6-14(16)22/h4-6,10-12H,3,7-9H2,1-2H3. The second-order valence-corrected chi connectivity index (χ2v) is 6.64. The average molecular weight is 395 g/mol. The fourth-order valence-electron chi connectivity index (χ4n) is 3.17. The molecule has 2 amide bonds. The molecule has 1 aliphatic rings. The smallest absolute Gasteiger partial charge is 0.276 e. The first-order valence-electron chi connectivity index (χ1n) is 8.97. The SMILES string of the molecule is CCC(F)C(=O)N1CCN(C(=O)c2coc(-c3c(F)cccc3F)n2)C(C)C1. The third kappa shape index (κ3) is 3.74. The molecule has 2 atom stereocenters. The van der Waals surface area contributed by atoms with Gasteiger partial charge in [-0.3, -0.25) is 9.59 Å². The van der Waals surface area contributed by atoms with Gasteiger partial charge in [-0.1, -0.05) is 13.0 Å². The van der Waals surface area contributed by atoms with Crippen LogP contribution in [0.5, 0.6) is 0 Å². The molecule has 1 aromatic carbocycles. The summed E-state index contributed by atoms with van der Waals surface area (Å²) >= 11 is 0. The Morgan fingerprint density at radius 1 is 1.29 bits per heavy atom. The van der Waals surface area contributed by atoms with Crippen LogP contribution in [0.2, 0.25) is 0 Å². The highest BCUT2D eigenvalue weighted by Crippen LogP contribution is 2.26. The summed E-state index contributed by atoms with van der Waals surface area (Å²) in [6, 6.07) is 2.97. The number of piperazine rings is 1. The Hall–Kier alpha value is -2.84. The Morgan fingerprint density at radius 2 is 1.96 bits per heavy atom. The van der Waals surface area contributed by atoms with Crippen molar-refractivity contribution in [1.82, 2.24) is 14.8 Å². The number of benzene rings is 1. The number of nitrogens with zero attached hydrogens (tertiary/aromatic N) is 3. The summed E-state index contributed by atoms with van der Waals surface area (Å²) in [7, 11) is 0. The van der Waals surface area contributed by atoms with Crippen LogP contribution in [0.1, 0.15) is 30.8 Å². The van der Waals surface area contributed by atoms with Crippen molar-refractivity contribution >= 4 is 11.8 Å². The lowest BCUT2D eigenvalue weighted by Crippen LogP contribution is -2.56. The van der Waals surface area contributed by atoms with Crippen molar-refractivity contribution in [1.29, 1.82) is 0 Å². The third-order valence-corrected chi connectivity index (χ3v) is 4.73. The normalized spacial score (nSPS) is 18.2. The maximum absolute atomic E-state index is 13.9. The summed E-state index contributed by atoms with van der Waals surface area (Å²) in [4.78, 5) is 31.5. The fourth-order valence-corrected chi connectivity index (χ4v) is 3.17. The van der Waals surface area contributed by atoms with Crippen LogP contribution in [-0.2, 0) is 4.79 Å². The predicted molar refractivity (Wildman–Crippen MR) is 94.1 cm³/mol. The molecule has 3 rings (SSSR count). The number of carbonyl (C=O) groups is 2. The number of alkyl halides is 1. The Morgan fingerprint density at radius 3 is 2.57 bits per heavy atom. The van der Waals surface area contributed by atoms with E-state index in [1.165, 1.54) is 15.9 Å². The number of oxazole rings is 1. The van der Waals surface area contributed by atoms with E-state index >= 15 is 0 Å². The molecule has 0 bridgehead atoms. The van der Waals surface area contributed by atoms with Gasteiger partial charge in [-0.25, -0.2) is 18.2 Å². The highest BCUT2D eigenvalue weighted by molar-refractivity contribution is 5.93. The van der Waals surface area contributed by atoms with Gasteiger partial charge in [0.05, 0.1) is 0 Å². The van der Waals surface area contributed by atoms with E-state index in [1.807, 2.05) is 0 Å². The van der Waals surface area contributed by atoms with E-state index in [1.54, 1.807) is 13.8 Å². The monoisotopic (exact) mass is 395 g/mol. The molecule has 0 aliphatic carbocycles. The molecule has 0 saturated carbocycles. The molecule has 1 saturated heterocycles. The van der Waals surface area contributed by atoms with E-state index < -0.39 is 35.2 Å². The van der Waals surface area contributed by atoms with Crippen LogP contribution < -0.4 is 0 Å². The first-order valence-corrected chi connectivity index (χ1v) is 8.97. The van der Waals surface area contributed by atoms with Crippen LogP contribution in [0.3, 0.4) is 0 Å². The molecule has 0 spiro atoms. The zero-order chi connectivity index (χ0) is 20.4. The molecule has 2 heterocycles. The Balaban J connectivity index is 1.74. The molecule has 0 N–H and O–H groups in total. The molecule has 1 aliphatic heterocycles. The van der Waals surface area contributed by atoms with Gasteiger partial charge in [0.25, 0.3) is 11.8 Å². The maximum Gasteiger partial charge on any atom is 0.276 e. The lowest BCUT2D eigenvalue weighted by atomic mass is 10.1. The van der Waals surface area contributed by atoms with Crippen LogP contribution in [0, 0.1) is 11.6 Å². The number of halogens is 3. The van der Waals surface area contributed by atoms with Crippen molar-refractivity contribution in [3.8, 4) is 11.5 Å². The average Bonchev–Trinajstić information content (AvgIpc) is 3.15. The topological polar surface area (TPSA) is 66.7 Å². The van der Waals surface area contributed by atoms with Crippen molar-refractivity contribution in [3.63, 3.8) is 0 Å². The molecular formula is C19H20F3N3O3. The van der Waals surface area contributed by atoms with Crippen LogP contribution in [-0.4, -0.2) is 58.4 Å². The predicted octanol–water partition coefficient (Wildman–Crippen LogP) is 3.04. The highest BCUT2D eigenvalue weighted by atomic mass is 19.1. The van der Waals surface area contributed by atoms with Crippen molar-refractivity contribution in [2.45, 2.75) is 32.5 Å². The summed E-state index contributed by atoms with van der Waals surface area (Å²) in [5.41, 5.74) is -0.542. The number of aromatic nitrogens is 1. The van der Waals surface area contributed by atoms with Gasteiger partial charge in [0.2, 0.25) is 5.89 Å². The molecular weight excluding hydrogens is 375 g/mol. The van der Waals surface area contributed by atoms with Gasteiger partial charge < -0.3 is 14.2 Å².